The largest absolute Gasteiger partial charge is 0.469 e. The van der Waals surface area contributed by atoms with E-state index >= 15 is 0 Å². The lowest BCUT2D eigenvalue weighted by molar-refractivity contribution is -0.141. The molecule has 0 radical (unpaired) electrons. The average Bonchev–Trinajstić information content (AvgIpc) is 2.30. The Balaban J connectivity index is 2.26. The molecular weight excluding hydrogens is 228 g/mol. The van der Waals surface area contributed by atoms with E-state index in [0.717, 1.165) is 24.1 Å². The molecule has 1 aromatic heterocycles. The Morgan fingerprint density at radius 3 is 3.31 bits per heavy atom. The molecule has 0 fully saturated rings. The minimum absolute atomic E-state index is 0.0169. The number of ether oxygens (including phenoxy) is 1. The number of rotatable bonds is 2. The molecule has 0 saturated carbocycles. The van der Waals surface area contributed by atoms with Gasteiger partial charge < -0.3 is 10.1 Å². The highest BCUT2D eigenvalue weighted by molar-refractivity contribution is 6.30. The molecule has 0 aliphatic carbocycles. The number of carbonyl (C=O) groups is 1. The number of methoxy groups -OCH3 is 1. The maximum absolute atomic E-state index is 11.3. The second-order valence-corrected chi connectivity index (χ2v) is 4.06. The molecule has 5 heteroatoms. The summed E-state index contributed by atoms with van der Waals surface area (Å²) in [6.07, 6.45) is 2.84. The van der Waals surface area contributed by atoms with Gasteiger partial charge in [0.25, 0.3) is 0 Å². The SMILES string of the molecule is COC(=O)CC1NCCc2c1ccnc2Cl. The topological polar surface area (TPSA) is 51.2 Å². The fourth-order valence-electron chi connectivity index (χ4n) is 1.97. The first-order chi connectivity index (χ1) is 7.72. The number of aromatic nitrogens is 1. The van der Waals surface area contributed by atoms with Crippen molar-refractivity contribution in [3.63, 3.8) is 0 Å². The van der Waals surface area contributed by atoms with E-state index in [4.69, 9.17) is 11.6 Å². The third-order valence-corrected chi connectivity index (χ3v) is 3.10. The Labute approximate surface area is 99.0 Å². The van der Waals surface area contributed by atoms with E-state index in [2.05, 4.69) is 15.0 Å². The van der Waals surface area contributed by atoms with Crippen molar-refractivity contribution < 1.29 is 9.53 Å². The number of pyridine rings is 1. The van der Waals surface area contributed by atoms with Crippen molar-refractivity contribution in [1.82, 2.24) is 10.3 Å². The summed E-state index contributed by atoms with van der Waals surface area (Å²) in [5, 5.41) is 3.82. The van der Waals surface area contributed by atoms with Crippen LogP contribution in [0.4, 0.5) is 0 Å². The van der Waals surface area contributed by atoms with Gasteiger partial charge in [-0.2, -0.15) is 0 Å². The van der Waals surface area contributed by atoms with Gasteiger partial charge in [0.2, 0.25) is 0 Å². The lowest BCUT2D eigenvalue weighted by Crippen LogP contribution is -2.32. The number of hydrogen-bond donors (Lipinski definition) is 1. The first-order valence-corrected chi connectivity index (χ1v) is 5.53. The van der Waals surface area contributed by atoms with Crippen LogP contribution in [0.5, 0.6) is 0 Å². The van der Waals surface area contributed by atoms with Crippen LogP contribution in [0, 0.1) is 0 Å². The summed E-state index contributed by atoms with van der Waals surface area (Å²) in [5.41, 5.74) is 2.09. The Kier molecular flexibility index (Phi) is 3.41. The van der Waals surface area contributed by atoms with Gasteiger partial charge in [-0.15, -0.1) is 0 Å². The molecule has 0 bridgehead atoms. The predicted octanol–water partition coefficient (Wildman–Crippen LogP) is 1.48. The summed E-state index contributed by atoms with van der Waals surface area (Å²) in [4.78, 5) is 15.3. The summed E-state index contributed by atoms with van der Waals surface area (Å²) in [6.45, 7) is 0.806. The van der Waals surface area contributed by atoms with E-state index in [1.165, 1.54) is 7.11 Å². The Hall–Kier alpha value is -1.13. The van der Waals surface area contributed by atoms with Crippen molar-refractivity contribution in [2.45, 2.75) is 18.9 Å². The van der Waals surface area contributed by atoms with Crippen LogP contribution in [0.1, 0.15) is 23.6 Å². The standard InChI is InChI=1S/C11H13ClN2O2/c1-16-10(15)6-9-7-2-5-14-11(12)8(7)3-4-13-9/h2,5,9,13H,3-4,6H2,1H3. The first-order valence-electron chi connectivity index (χ1n) is 5.16. The van der Waals surface area contributed by atoms with Gasteiger partial charge in [-0.3, -0.25) is 4.79 Å². The van der Waals surface area contributed by atoms with Crippen molar-refractivity contribution in [2.24, 2.45) is 0 Å². The lowest BCUT2D eigenvalue weighted by atomic mass is 9.94. The van der Waals surface area contributed by atoms with Crippen LogP contribution >= 0.6 is 11.6 Å². The molecule has 0 saturated heterocycles. The molecule has 1 aliphatic rings. The van der Waals surface area contributed by atoms with Gasteiger partial charge in [-0.05, 0) is 30.2 Å². The fourth-order valence-corrected chi connectivity index (χ4v) is 2.23. The zero-order valence-corrected chi connectivity index (χ0v) is 9.75. The molecule has 1 unspecified atom stereocenters. The van der Waals surface area contributed by atoms with Gasteiger partial charge in [0.05, 0.1) is 13.5 Å². The van der Waals surface area contributed by atoms with Crippen molar-refractivity contribution in [3.8, 4) is 0 Å². The van der Waals surface area contributed by atoms with Gasteiger partial charge >= 0.3 is 5.97 Å². The molecule has 0 aromatic carbocycles. The third-order valence-electron chi connectivity index (χ3n) is 2.78. The van der Waals surface area contributed by atoms with Crippen LogP contribution in [0.25, 0.3) is 0 Å². The first kappa shape index (κ1) is 11.4. The molecule has 2 heterocycles. The fraction of sp³-hybridized carbons (Fsp3) is 0.455. The van der Waals surface area contributed by atoms with Crippen molar-refractivity contribution in [1.29, 1.82) is 0 Å². The Morgan fingerprint density at radius 1 is 1.75 bits per heavy atom. The number of halogens is 1. The van der Waals surface area contributed by atoms with Crippen LogP contribution < -0.4 is 5.32 Å². The van der Waals surface area contributed by atoms with Crippen molar-refractivity contribution in [3.05, 3.63) is 28.5 Å². The molecule has 1 aromatic rings. The highest BCUT2D eigenvalue weighted by Gasteiger charge is 2.24. The highest BCUT2D eigenvalue weighted by atomic mass is 35.5. The van der Waals surface area contributed by atoms with Crippen LogP contribution in [0.3, 0.4) is 0 Å². The molecule has 1 aliphatic heterocycles. The van der Waals surface area contributed by atoms with Gasteiger partial charge in [-0.1, -0.05) is 11.6 Å². The zero-order chi connectivity index (χ0) is 11.5. The summed E-state index contributed by atoms with van der Waals surface area (Å²) >= 11 is 6.02. The molecule has 86 valence electrons. The monoisotopic (exact) mass is 240 g/mol. The summed E-state index contributed by atoms with van der Waals surface area (Å²) in [7, 11) is 1.39. The van der Waals surface area contributed by atoms with Crippen LogP contribution in [-0.4, -0.2) is 24.6 Å². The van der Waals surface area contributed by atoms with Gasteiger partial charge in [0.15, 0.2) is 0 Å². The van der Waals surface area contributed by atoms with Crippen LogP contribution in [-0.2, 0) is 16.0 Å². The van der Waals surface area contributed by atoms with E-state index < -0.39 is 0 Å². The number of esters is 1. The minimum atomic E-state index is -0.224. The molecule has 2 rings (SSSR count). The second kappa shape index (κ2) is 4.80. The number of nitrogens with zero attached hydrogens (tertiary/aromatic N) is 1. The van der Waals surface area contributed by atoms with Crippen LogP contribution in [0.15, 0.2) is 12.3 Å². The van der Waals surface area contributed by atoms with E-state index in [1.807, 2.05) is 6.07 Å². The number of nitrogens with one attached hydrogen (secondary N) is 1. The van der Waals surface area contributed by atoms with Crippen molar-refractivity contribution in [2.75, 3.05) is 13.7 Å². The van der Waals surface area contributed by atoms with Gasteiger partial charge in [0, 0.05) is 12.2 Å². The quantitative estimate of drug-likeness (QED) is 0.629. The molecule has 1 atom stereocenters. The van der Waals surface area contributed by atoms with E-state index in [9.17, 15) is 4.79 Å². The van der Waals surface area contributed by atoms with E-state index in [-0.39, 0.29) is 12.0 Å². The summed E-state index contributed by atoms with van der Waals surface area (Å²) in [5.74, 6) is -0.224. The number of fused-ring (bicyclic) bond motifs is 1. The molecule has 1 N–H and O–H groups in total. The smallest absolute Gasteiger partial charge is 0.307 e. The molecule has 0 spiro atoms. The molecule has 16 heavy (non-hydrogen) atoms. The number of hydrogen-bond acceptors (Lipinski definition) is 4. The highest BCUT2D eigenvalue weighted by Crippen LogP contribution is 2.29. The molecule has 4 nitrogen and oxygen atoms in total. The van der Waals surface area contributed by atoms with E-state index in [0.29, 0.717) is 11.6 Å². The minimum Gasteiger partial charge on any atom is -0.469 e. The predicted molar refractivity (Wildman–Crippen MR) is 60.3 cm³/mol. The average molecular weight is 241 g/mol. The normalized spacial score (nSPS) is 19.0. The number of carbonyl (C=O) groups excluding carboxylic acids is 1. The molecular formula is C11H13ClN2O2. The maximum Gasteiger partial charge on any atom is 0.307 e. The third kappa shape index (κ3) is 2.18. The summed E-state index contributed by atoms with van der Waals surface area (Å²) < 4.78 is 4.67. The van der Waals surface area contributed by atoms with Gasteiger partial charge in [0.1, 0.15) is 5.15 Å². The molecule has 0 amide bonds. The second-order valence-electron chi connectivity index (χ2n) is 3.71. The van der Waals surface area contributed by atoms with Crippen LogP contribution in [0.2, 0.25) is 5.15 Å². The summed E-state index contributed by atoms with van der Waals surface area (Å²) in [6, 6.07) is 1.89. The van der Waals surface area contributed by atoms with Gasteiger partial charge in [-0.25, -0.2) is 4.98 Å². The Bertz CT molecular complexity index is 409. The zero-order valence-electron chi connectivity index (χ0n) is 9.00. The van der Waals surface area contributed by atoms with Crippen molar-refractivity contribution >= 4 is 17.6 Å². The lowest BCUT2D eigenvalue weighted by Gasteiger charge is -2.26. The maximum atomic E-state index is 11.3. The van der Waals surface area contributed by atoms with E-state index in [1.54, 1.807) is 6.20 Å². The Morgan fingerprint density at radius 2 is 2.56 bits per heavy atom.